The zero-order valence-electron chi connectivity index (χ0n) is 13.4. The van der Waals surface area contributed by atoms with Gasteiger partial charge in [0.15, 0.2) is 0 Å². The summed E-state index contributed by atoms with van der Waals surface area (Å²) >= 11 is 1.47. The Morgan fingerprint density at radius 1 is 1.42 bits per heavy atom. The molecule has 2 rings (SSSR count). The van der Waals surface area contributed by atoms with Crippen LogP contribution < -0.4 is 11.5 Å². The Balaban J connectivity index is 1.93. The smallest absolute Gasteiger partial charge is 0.223 e. The normalized spacial score (nSPS) is 26.7. The molecule has 0 aliphatic heterocycles. The van der Waals surface area contributed by atoms with E-state index in [1.54, 1.807) is 11.9 Å². The molecule has 2 unspecified atom stereocenters. The second kappa shape index (κ2) is 8.04. The molecule has 6 N–H and O–H groups in total. The maximum atomic E-state index is 11.8. The molecule has 0 aromatic carbocycles. The summed E-state index contributed by atoms with van der Waals surface area (Å²) in [6.07, 6.45) is 2.71. The van der Waals surface area contributed by atoms with E-state index in [0.29, 0.717) is 19.3 Å². The van der Waals surface area contributed by atoms with E-state index in [4.69, 9.17) is 11.5 Å². The summed E-state index contributed by atoms with van der Waals surface area (Å²) in [5.74, 6) is -2.17. The van der Waals surface area contributed by atoms with Gasteiger partial charge in [-0.2, -0.15) is 0 Å². The van der Waals surface area contributed by atoms with Crippen LogP contribution in [0.2, 0.25) is 0 Å². The van der Waals surface area contributed by atoms with Gasteiger partial charge in [0.2, 0.25) is 11.8 Å². The van der Waals surface area contributed by atoms with Gasteiger partial charge < -0.3 is 21.7 Å². The monoisotopic (exact) mass is 354 g/mol. The molecule has 1 aromatic rings. The molecule has 0 bridgehead atoms. The fourth-order valence-corrected chi connectivity index (χ4v) is 3.86. The van der Waals surface area contributed by atoms with Crippen molar-refractivity contribution >= 4 is 23.2 Å². The SMILES string of the molecule is NC(=O)C1CCC(O)(C(CC(O)[CH]Cc2cscn2)C(N)=O)CC1. The number of aliphatic hydroxyl groups excluding tert-OH is 1. The van der Waals surface area contributed by atoms with Crippen LogP contribution in [0, 0.1) is 18.3 Å². The fourth-order valence-electron chi connectivity index (χ4n) is 3.28. The number of rotatable bonds is 8. The Bertz CT molecular complexity index is 556. The average molecular weight is 354 g/mol. The lowest BCUT2D eigenvalue weighted by atomic mass is 9.70. The van der Waals surface area contributed by atoms with Crippen molar-refractivity contribution in [3.63, 3.8) is 0 Å². The topological polar surface area (TPSA) is 140 Å². The summed E-state index contributed by atoms with van der Waals surface area (Å²) in [6, 6.07) is 0. The molecule has 1 aliphatic carbocycles. The predicted octanol–water partition coefficient (Wildman–Crippen LogP) is 0.149. The van der Waals surface area contributed by atoms with Crippen LogP contribution in [-0.4, -0.2) is 38.7 Å². The lowest BCUT2D eigenvalue weighted by molar-refractivity contribution is -0.139. The fraction of sp³-hybridized carbons (Fsp3) is 0.625. The molecular formula is C16H24N3O4S. The molecule has 1 fully saturated rings. The zero-order valence-corrected chi connectivity index (χ0v) is 14.2. The van der Waals surface area contributed by atoms with E-state index in [9.17, 15) is 19.8 Å². The van der Waals surface area contributed by atoms with Gasteiger partial charge in [0.1, 0.15) is 0 Å². The lowest BCUT2D eigenvalue weighted by Gasteiger charge is -2.40. The number of nitrogens with zero attached hydrogens (tertiary/aromatic N) is 1. The first-order chi connectivity index (χ1) is 11.3. The van der Waals surface area contributed by atoms with E-state index < -0.39 is 23.5 Å². The molecule has 1 aliphatic rings. The highest BCUT2D eigenvalue weighted by atomic mass is 32.1. The molecule has 2 atom stereocenters. The van der Waals surface area contributed by atoms with Gasteiger partial charge in [0, 0.05) is 11.3 Å². The maximum absolute atomic E-state index is 11.8. The minimum atomic E-state index is -1.30. The van der Waals surface area contributed by atoms with Crippen LogP contribution in [0.5, 0.6) is 0 Å². The number of carbonyl (C=O) groups excluding carboxylic acids is 2. The van der Waals surface area contributed by atoms with E-state index in [0.717, 1.165) is 5.69 Å². The zero-order chi connectivity index (χ0) is 17.7. The van der Waals surface area contributed by atoms with Crippen LogP contribution in [0.25, 0.3) is 0 Å². The van der Waals surface area contributed by atoms with E-state index in [2.05, 4.69) is 4.98 Å². The number of primary amides is 2. The third-order valence-electron chi connectivity index (χ3n) is 4.81. The van der Waals surface area contributed by atoms with E-state index in [-0.39, 0.29) is 31.1 Å². The van der Waals surface area contributed by atoms with Gasteiger partial charge in [0.05, 0.1) is 28.8 Å². The Hall–Kier alpha value is -1.51. The number of aliphatic hydroxyl groups is 2. The van der Waals surface area contributed by atoms with Crippen molar-refractivity contribution in [3.8, 4) is 0 Å². The van der Waals surface area contributed by atoms with E-state index in [1.807, 2.05) is 5.38 Å². The van der Waals surface area contributed by atoms with Crippen LogP contribution >= 0.6 is 11.3 Å². The molecule has 0 spiro atoms. The van der Waals surface area contributed by atoms with Crippen LogP contribution in [0.4, 0.5) is 0 Å². The van der Waals surface area contributed by atoms with Gasteiger partial charge in [-0.15, -0.1) is 11.3 Å². The van der Waals surface area contributed by atoms with Crippen molar-refractivity contribution < 1.29 is 19.8 Å². The lowest BCUT2D eigenvalue weighted by Crippen LogP contribution is -2.49. The predicted molar refractivity (Wildman–Crippen MR) is 89.5 cm³/mol. The van der Waals surface area contributed by atoms with Gasteiger partial charge in [-0.25, -0.2) is 4.98 Å². The molecule has 1 heterocycles. The molecule has 133 valence electrons. The minimum Gasteiger partial charge on any atom is -0.393 e. The van der Waals surface area contributed by atoms with Crippen molar-refractivity contribution in [2.24, 2.45) is 23.3 Å². The Labute approximate surface area is 145 Å². The number of hydrogen-bond donors (Lipinski definition) is 4. The second-order valence-corrected chi connectivity index (χ2v) is 7.18. The molecule has 1 aromatic heterocycles. The summed E-state index contributed by atoms with van der Waals surface area (Å²) in [5.41, 5.74) is 12.0. The van der Waals surface area contributed by atoms with Crippen LogP contribution in [-0.2, 0) is 16.0 Å². The van der Waals surface area contributed by atoms with Crippen LogP contribution in [0.1, 0.15) is 37.8 Å². The second-order valence-electron chi connectivity index (χ2n) is 6.46. The average Bonchev–Trinajstić information content (AvgIpc) is 3.04. The van der Waals surface area contributed by atoms with Gasteiger partial charge in [-0.1, -0.05) is 0 Å². The van der Waals surface area contributed by atoms with E-state index in [1.165, 1.54) is 11.3 Å². The molecule has 24 heavy (non-hydrogen) atoms. The summed E-state index contributed by atoms with van der Waals surface area (Å²) in [5, 5.41) is 22.9. The van der Waals surface area contributed by atoms with Gasteiger partial charge in [-0.3, -0.25) is 9.59 Å². The first-order valence-corrected chi connectivity index (χ1v) is 8.95. The largest absolute Gasteiger partial charge is 0.393 e. The molecule has 1 saturated carbocycles. The maximum Gasteiger partial charge on any atom is 0.223 e. The molecular weight excluding hydrogens is 330 g/mol. The highest BCUT2D eigenvalue weighted by Crippen LogP contribution is 2.39. The number of carbonyl (C=O) groups is 2. The van der Waals surface area contributed by atoms with Gasteiger partial charge in [0.25, 0.3) is 0 Å². The first-order valence-electron chi connectivity index (χ1n) is 8.01. The summed E-state index contributed by atoms with van der Waals surface area (Å²) in [4.78, 5) is 27.2. The van der Waals surface area contributed by atoms with Crippen molar-refractivity contribution in [3.05, 3.63) is 23.0 Å². The Morgan fingerprint density at radius 3 is 2.58 bits per heavy atom. The number of thiazole rings is 1. The highest BCUT2D eigenvalue weighted by molar-refractivity contribution is 7.07. The van der Waals surface area contributed by atoms with Crippen molar-refractivity contribution in [2.45, 2.75) is 50.2 Å². The summed E-state index contributed by atoms with van der Waals surface area (Å²) in [7, 11) is 0. The van der Waals surface area contributed by atoms with Crippen molar-refractivity contribution in [2.75, 3.05) is 0 Å². The van der Waals surface area contributed by atoms with Gasteiger partial charge >= 0.3 is 0 Å². The first kappa shape index (κ1) is 18.8. The Morgan fingerprint density at radius 2 is 2.08 bits per heavy atom. The summed E-state index contributed by atoms with van der Waals surface area (Å²) < 4.78 is 0. The highest BCUT2D eigenvalue weighted by Gasteiger charge is 2.44. The third-order valence-corrected chi connectivity index (χ3v) is 5.44. The van der Waals surface area contributed by atoms with E-state index >= 15 is 0 Å². The number of nitrogens with two attached hydrogens (primary N) is 2. The molecule has 0 saturated heterocycles. The number of aromatic nitrogens is 1. The number of hydrogen-bond acceptors (Lipinski definition) is 6. The quantitative estimate of drug-likeness (QED) is 0.526. The van der Waals surface area contributed by atoms with Crippen LogP contribution in [0.3, 0.4) is 0 Å². The number of amides is 2. The van der Waals surface area contributed by atoms with Crippen molar-refractivity contribution in [1.82, 2.24) is 4.98 Å². The molecule has 7 nitrogen and oxygen atoms in total. The van der Waals surface area contributed by atoms with Gasteiger partial charge in [-0.05, 0) is 44.9 Å². The third kappa shape index (κ3) is 4.75. The molecule has 1 radical (unpaired) electrons. The summed E-state index contributed by atoms with van der Waals surface area (Å²) in [6.45, 7) is 0. The van der Waals surface area contributed by atoms with Crippen LogP contribution in [0.15, 0.2) is 10.9 Å². The molecule has 2 amide bonds. The minimum absolute atomic E-state index is 0.0528. The Kier molecular flexibility index (Phi) is 6.31. The standard InChI is InChI=1S/C16H24N3O4S/c17-14(21)10-3-5-16(23,6-4-10)13(15(18)22)7-12(20)2-1-11-8-24-9-19-11/h2,8-10,12-13,20,23H,1,3-7H2,(H2,17,21)(H2,18,22). The molecule has 8 heteroatoms. The van der Waals surface area contributed by atoms with Crippen molar-refractivity contribution in [1.29, 1.82) is 0 Å².